The first-order valence-electron chi connectivity index (χ1n) is 8.64. The molecule has 7 heteroatoms. The van der Waals surface area contributed by atoms with Crippen LogP contribution in [0, 0.1) is 24.0 Å². The fourth-order valence-electron chi connectivity index (χ4n) is 3.37. The number of nitrogens with zero attached hydrogens (tertiary/aromatic N) is 4. The fraction of sp³-hybridized carbons (Fsp3) is 0.316. The number of benzene rings is 2. The number of piperazine rings is 1. The van der Waals surface area contributed by atoms with E-state index in [1.165, 1.54) is 34.2 Å². The third-order valence-corrected chi connectivity index (χ3v) is 6.12. The molecule has 4 rings (SSSR count). The molecule has 134 valence electrons. The van der Waals surface area contributed by atoms with Crippen molar-refractivity contribution in [1.29, 1.82) is 0 Å². The summed E-state index contributed by atoms with van der Waals surface area (Å²) in [6.07, 6.45) is 0. The molecule has 0 aliphatic carbocycles. The van der Waals surface area contributed by atoms with Crippen LogP contribution in [-0.2, 0) is 0 Å². The van der Waals surface area contributed by atoms with Gasteiger partial charge in [-0.1, -0.05) is 23.5 Å². The van der Waals surface area contributed by atoms with Gasteiger partial charge in [-0.05, 0) is 37.1 Å². The third-order valence-electron chi connectivity index (χ3n) is 5.04. The van der Waals surface area contributed by atoms with Gasteiger partial charge in [0, 0.05) is 44.0 Å². The molecular weight excluding hydrogens is 348 g/mol. The molecule has 0 saturated carbocycles. The summed E-state index contributed by atoms with van der Waals surface area (Å²) < 4.78 is 0.867. The first-order valence-corrected chi connectivity index (χ1v) is 9.45. The maximum atomic E-state index is 10.9. The smallest absolute Gasteiger partial charge is 0.270 e. The molecule has 0 amide bonds. The third kappa shape index (κ3) is 2.99. The summed E-state index contributed by atoms with van der Waals surface area (Å²) >= 11 is 1.53. The summed E-state index contributed by atoms with van der Waals surface area (Å²) in [6, 6.07) is 11.3. The Kier molecular flexibility index (Phi) is 4.24. The zero-order chi connectivity index (χ0) is 18.3. The van der Waals surface area contributed by atoms with Crippen molar-refractivity contribution in [1.82, 2.24) is 4.98 Å². The van der Waals surface area contributed by atoms with Crippen LogP contribution in [0.5, 0.6) is 0 Å². The number of nitro benzene ring substituents is 1. The van der Waals surface area contributed by atoms with Gasteiger partial charge in [-0.3, -0.25) is 10.1 Å². The van der Waals surface area contributed by atoms with E-state index in [9.17, 15) is 10.1 Å². The molecule has 0 bridgehead atoms. The lowest BCUT2D eigenvalue weighted by atomic mass is 10.1. The number of aryl methyl sites for hydroxylation is 1. The summed E-state index contributed by atoms with van der Waals surface area (Å²) in [5, 5.41) is 11.9. The van der Waals surface area contributed by atoms with Gasteiger partial charge in [0.2, 0.25) is 0 Å². The highest BCUT2D eigenvalue weighted by Gasteiger charge is 2.21. The Labute approximate surface area is 155 Å². The number of nitro groups is 1. The second kappa shape index (κ2) is 6.57. The quantitative estimate of drug-likeness (QED) is 0.513. The minimum Gasteiger partial charge on any atom is -0.368 e. The topological polar surface area (TPSA) is 62.5 Å². The van der Waals surface area contributed by atoms with Crippen LogP contribution in [0.25, 0.3) is 10.2 Å². The van der Waals surface area contributed by atoms with Gasteiger partial charge in [-0.15, -0.1) is 0 Å². The molecule has 6 nitrogen and oxygen atoms in total. The van der Waals surface area contributed by atoms with Crippen molar-refractivity contribution in [2.45, 2.75) is 13.8 Å². The van der Waals surface area contributed by atoms with Gasteiger partial charge in [-0.2, -0.15) is 0 Å². The highest BCUT2D eigenvalue weighted by Crippen LogP contribution is 2.32. The normalized spacial score (nSPS) is 14.8. The standard InChI is InChI=1S/C19H20N4O2S/c1-13-4-3-5-17(14(13)2)21-8-10-22(11-9-21)19-20-16-7-6-15(23(24)25)12-18(16)26-19/h3-7,12H,8-11H2,1-2H3. The van der Waals surface area contributed by atoms with Crippen molar-refractivity contribution in [3.63, 3.8) is 0 Å². The summed E-state index contributed by atoms with van der Waals surface area (Å²) in [5.41, 5.74) is 4.91. The molecular formula is C19H20N4O2S. The Morgan fingerprint density at radius 2 is 1.81 bits per heavy atom. The minimum atomic E-state index is -0.359. The number of hydrogen-bond donors (Lipinski definition) is 0. The predicted octanol–water partition coefficient (Wildman–Crippen LogP) is 4.15. The lowest BCUT2D eigenvalue weighted by Crippen LogP contribution is -2.46. The molecule has 0 N–H and O–H groups in total. The van der Waals surface area contributed by atoms with Gasteiger partial charge in [-0.25, -0.2) is 4.98 Å². The summed E-state index contributed by atoms with van der Waals surface area (Å²) in [7, 11) is 0. The fourth-order valence-corrected chi connectivity index (χ4v) is 4.42. The Balaban J connectivity index is 1.52. The van der Waals surface area contributed by atoms with E-state index in [-0.39, 0.29) is 10.6 Å². The van der Waals surface area contributed by atoms with Gasteiger partial charge >= 0.3 is 0 Å². The van der Waals surface area contributed by atoms with Crippen LogP contribution in [0.2, 0.25) is 0 Å². The first-order chi connectivity index (χ1) is 12.5. The van der Waals surface area contributed by atoms with Crippen LogP contribution >= 0.6 is 11.3 Å². The van der Waals surface area contributed by atoms with Gasteiger partial charge in [0.05, 0.1) is 15.1 Å². The van der Waals surface area contributed by atoms with Crippen LogP contribution in [0.15, 0.2) is 36.4 Å². The van der Waals surface area contributed by atoms with Crippen molar-refractivity contribution in [3.05, 3.63) is 57.6 Å². The second-order valence-electron chi connectivity index (χ2n) is 6.60. The number of non-ortho nitro benzene ring substituents is 1. The lowest BCUT2D eigenvalue weighted by Gasteiger charge is -2.36. The zero-order valence-corrected chi connectivity index (χ0v) is 15.6. The van der Waals surface area contributed by atoms with Crippen molar-refractivity contribution in [2.24, 2.45) is 0 Å². The van der Waals surface area contributed by atoms with Gasteiger partial charge < -0.3 is 9.80 Å². The Morgan fingerprint density at radius 3 is 2.54 bits per heavy atom. The van der Waals surface area contributed by atoms with Crippen molar-refractivity contribution >= 4 is 38.1 Å². The molecule has 1 aliphatic heterocycles. The van der Waals surface area contributed by atoms with Gasteiger partial charge in [0.15, 0.2) is 5.13 Å². The van der Waals surface area contributed by atoms with E-state index in [2.05, 4.69) is 46.8 Å². The van der Waals surface area contributed by atoms with Crippen molar-refractivity contribution in [3.8, 4) is 0 Å². The van der Waals surface area contributed by atoms with E-state index in [4.69, 9.17) is 0 Å². The van der Waals surface area contributed by atoms with Crippen LogP contribution in [0.1, 0.15) is 11.1 Å². The number of hydrogen-bond acceptors (Lipinski definition) is 6. The number of fused-ring (bicyclic) bond motifs is 1. The van der Waals surface area contributed by atoms with Crippen LogP contribution in [-0.4, -0.2) is 36.1 Å². The number of aromatic nitrogens is 1. The average Bonchev–Trinajstić information content (AvgIpc) is 3.07. The Hall–Kier alpha value is -2.67. The Bertz CT molecular complexity index is 977. The second-order valence-corrected chi connectivity index (χ2v) is 7.61. The zero-order valence-electron chi connectivity index (χ0n) is 14.8. The van der Waals surface area contributed by atoms with Crippen molar-refractivity contribution in [2.75, 3.05) is 36.0 Å². The van der Waals surface area contributed by atoms with Gasteiger partial charge in [0.25, 0.3) is 5.69 Å². The molecule has 3 aromatic rings. The molecule has 26 heavy (non-hydrogen) atoms. The monoisotopic (exact) mass is 368 g/mol. The van der Waals surface area contributed by atoms with E-state index >= 15 is 0 Å². The molecule has 0 unspecified atom stereocenters. The molecule has 1 aliphatic rings. The molecule has 1 fully saturated rings. The van der Waals surface area contributed by atoms with E-state index < -0.39 is 0 Å². The molecule has 2 heterocycles. The van der Waals surface area contributed by atoms with Crippen LogP contribution < -0.4 is 9.80 Å². The number of thiazole rings is 1. The predicted molar refractivity (Wildman–Crippen MR) is 107 cm³/mol. The molecule has 0 radical (unpaired) electrons. The van der Waals surface area contributed by atoms with E-state index in [0.29, 0.717) is 0 Å². The minimum absolute atomic E-state index is 0.118. The van der Waals surface area contributed by atoms with E-state index in [1.807, 2.05) is 0 Å². The van der Waals surface area contributed by atoms with Crippen molar-refractivity contribution < 1.29 is 4.92 Å². The highest BCUT2D eigenvalue weighted by atomic mass is 32.1. The molecule has 1 saturated heterocycles. The maximum Gasteiger partial charge on any atom is 0.270 e. The Morgan fingerprint density at radius 1 is 1.08 bits per heavy atom. The van der Waals surface area contributed by atoms with Crippen LogP contribution in [0.4, 0.5) is 16.5 Å². The number of anilines is 2. The lowest BCUT2D eigenvalue weighted by molar-refractivity contribution is -0.384. The maximum absolute atomic E-state index is 10.9. The molecule has 1 aromatic heterocycles. The molecule has 0 atom stereocenters. The van der Waals surface area contributed by atoms with Gasteiger partial charge in [0.1, 0.15) is 0 Å². The summed E-state index contributed by atoms with van der Waals surface area (Å²) in [4.78, 5) is 20.0. The van der Waals surface area contributed by atoms with E-state index in [1.54, 1.807) is 12.1 Å². The van der Waals surface area contributed by atoms with E-state index in [0.717, 1.165) is 41.5 Å². The number of rotatable bonds is 3. The SMILES string of the molecule is Cc1cccc(N2CCN(c3nc4ccc([N+](=O)[O-])cc4s3)CC2)c1C. The molecule has 2 aromatic carbocycles. The summed E-state index contributed by atoms with van der Waals surface area (Å²) in [6.45, 7) is 8.01. The summed E-state index contributed by atoms with van der Waals surface area (Å²) in [5.74, 6) is 0. The highest BCUT2D eigenvalue weighted by molar-refractivity contribution is 7.22. The first kappa shape index (κ1) is 16.8. The average molecular weight is 368 g/mol. The molecule has 0 spiro atoms. The van der Waals surface area contributed by atoms with Crippen LogP contribution in [0.3, 0.4) is 0 Å². The largest absolute Gasteiger partial charge is 0.368 e.